The summed E-state index contributed by atoms with van der Waals surface area (Å²) in [6, 6.07) is 25.6. The van der Waals surface area contributed by atoms with Gasteiger partial charge in [-0.1, -0.05) is 74.5 Å². The van der Waals surface area contributed by atoms with Gasteiger partial charge < -0.3 is 19.4 Å². The number of nitrogens with zero attached hydrogens (tertiary/aromatic N) is 1. The van der Waals surface area contributed by atoms with Crippen molar-refractivity contribution in [3.05, 3.63) is 100 Å². The normalized spacial score (nSPS) is 11.5. The summed E-state index contributed by atoms with van der Waals surface area (Å²) in [5, 5.41) is 4.27. The van der Waals surface area contributed by atoms with Gasteiger partial charge in [-0.15, -0.1) is 0 Å². The molecule has 0 fully saturated rings. The van der Waals surface area contributed by atoms with E-state index < -0.39 is 11.7 Å². The van der Waals surface area contributed by atoms with Crippen molar-refractivity contribution in [2.45, 2.75) is 59.9 Å². The Labute approximate surface area is 224 Å². The van der Waals surface area contributed by atoms with Crippen LogP contribution in [-0.2, 0) is 24.4 Å². The smallest absolute Gasteiger partial charge is 0.407 e. The third-order valence-corrected chi connectivity index (χ3v) is 6.01. The number of pyridine rings is 1. The Kier molecular flexibility index (Phi) is 8.20. The zero-order valence-electron chi connectivity index (χ0n) is 22.8. The fourth-order valence-corrected chi connectivity index (χ4v) is 4.45. The van der Waals surface area contributed by atoms with Crippen molar-refractivity contribution in [2.24, 2.45) is 5.92 Å². The average Bonchev–Trinajstić information content (AvgIpc) is 2.88. The van der Waals surface area contributed by atoms with E-state index in [0.717, 1.165) is 27.8 Å². The molecule has 0 radical (unpaired) electrons. The second kappa shape index (κ2) is 11.5. The van der Waals surface area contributed by atoms with Gasteiger partial charge in [-0.05, 0) is 61.4 Å². The molecular formula is C32H36N2O4. The van der Waals surface area contributed by atoms with E-state index in [0.29, 0.717) is 24.3 Å². The number of nitrogens with one attached hydrogen (secondary N) is 1. The highest BCUT2D eigenvalue weighted by Crippen LogP contribution is 2.33. The third-order valence-electron chi connectivity index (χ3n) is 6.01. The number of amides is 1. The number of rotatable bonds is 8. The predicted molar refractivity (Wildman–Crippen MR) is 152 cm³/mol. The monoisotopic (exact) mass is 512 g/mol. The highest BCUT2D eigenvalue weighted by atomic mass is 16.6. The summed E-state index contributed by atoms with van der Waals surface area (Å²) >= 11 is 0. The Hall–Kier alpha value is -4.06. The maximum atomic E-state index is 13.9. The molecule has 4 aromatic rings. The van der Waals surface area contributed by atoms with Gasteiger partial charge in [0.2, 0.25) is 0 Å². The molecule has 6 heteroatoms. The quantitative estimate of drug-likeness (QED) is 0.278. The summed E-state index contributed by atoms with van der Waals surface area (Å²) in [6.45, 7) is 10.7. The number of hydrogen-bond donors (Lipinski definition) is 1. The van der Waals surface area contributed by atoms with Crippen LogP contribution in [0.4, 0.5) is 4.79 Å². The van der Waals surface area contributed by atoms with Gasteiger partial charge in [0.25, 0.3) is 5.56 Å². The summed E-state index contributed by atoms with van der Waals surface area (Å²) in [6.07, 6.45) is -0.523. The van der Waals surface area contributed by atoms with Crippen LogP contribution in [0, 0.1) is 5.92 Å². The minimum absolute atomic E-state index is 0.112. The molecule has 1 amide bonds. The van der Waals surface area contributed by atoms with Crippen LogP contribution < -0.4 is 15.6 Å². The summed E-state index contributed by atoms with van der Waals surface area (Å²) in [7, 11) is 0. The van der Waals surface area contributed by atoms with Crippen LogP contribution in [0.15, 0.2) is 83.7 Å². The summed E-state index contributed by atoms with van der Waals surface area (Å²) in [5.74, 6) is 0.847. The molecule has 4 rings (SSSR count). The van der Waals surface area contributed by atoms with Crippen LogP contribution in [0.25, 0.3) is 21.9 Å². The third kappa shape index (κ3) is 6.62. The first-order chi connectivity index (χ1) is 18.1. The molecule has 0 atom stereocenters. The lowest BCUT2D eigenvalue weighted by atomic mass is 9.96. The number of ether oxygens (including phenoxy) is 2. The number of benzene rings is 3. The second-order valence-corrected chi connectivity index (χ2v) is 10.8. The highest BCUT2D eigenvalue weighted by Gasteiger charge is 2.22. The molecule has 1 aromatic heterocycles. The van der Waals surface area contributed by atoms with E-state index in [-0.39, 0.29) is 18.0 Å². The van der Waals surface area contributed by atoms with Crippen LogP contribution in [0.1, 0.15) is 45.9 Å². The van der Waals surface area contributed by atoms with E-state index in [2.05, 4.69) is 19.2 Å². The standard InChI is InChI=1S/C32H36N2O4/c1-22(2)20-34-28(19-33-31(36)38-32(3,4)5)29(24-14-10-7-11-15-24)26-17-16-25(18-27(26)30(34)35)37-21-23-12-8-6-9-13-23/h6-18,22H,19-21H2,1-5H3,(H,33,36). The second-order valence-electron chi connectivity index (χ2n) is 10.8. The number of aromatic nitrogens is 1. The predicted octanol–water partition coefficient (Wildman–Crippen LogP) is 6.93. The molecule has 1 heterocycles. The molecule has 198 valence electrons. The van der Waals surface area contributed by atoms with Gasteiger partial charge in [0, 0.05) is 17.8 Å². The maximum absolute atomic E-state index is 13.9. The van der Waals surface area contributed by atoms with Crippen LogP contribution >= 0.6 is 0 Å². The van der Waals surface area contributed by atoms with E-state index in [9.17, 15) is 9.59 Å². The Bertz CT molecular complexity index is 1450. The SMILES string of the molecule is CC(C)Cn1c(CNC(=O)OC(C)(C)C)c(-c2ccccc2)c2ccc(OCc3ccccc3)cc2c1=O. The number of carbonyl (C=O) groups excluding carboxylic acids is 1. The molecule has 1 N–H and O–H groups in total. The van der Waals surface area contributed by atoms with E-state index in [1.54, 1.807) is 4.57 Å². The zero-order chi connectivity index (χ0) is 27.3. The van der Waals surface area contributed by atoms with Crippen molar-refractivity contribution in [2.75, 3.05) is 0 Å². The Morgan fingerprint density at radius 2 is 1.58 bits per heavy atom. The molecule has 0 aliphatic carbocycles. The van der Waals surface area contributed by atoms with Crippen molar-refractivity contribution < 1.29 is 14.3 Å². The maximum Gasteiger partial charge on any atom is 0.407 e. The Morgan fingerprint density at radius 1 is 0.921 bits per heavy atom. The molecule has 38 heavy (non-hydrogen) atoms. The largest absolute Gasteiger partial charge is 0.489 e. The van der Waals surface area contributed by atoms with Crippen LogP contribution in [0.3, 0.4) is 0 Å². The first-order valence-electron chi connectivity index (χ1n) is 13.0. The molecule has 0 unspecified atom stereocenters. The Balaban J connectivity index is 1.84. The van der Waals surface area contributed by atoms with Gasteiger partial charge in [0.05, 0.1) is 11.9 Å². The van der Waals surface area contributed by atoms with E-state index in [1.165, 1.54) is 0 Å². The molecule has 6 nitrogen and oxygen atoms in total. The number of alkyl carbamates (subject to hydrolysis) is 1. The minimum atomic E-state index is -0.622. The molecule has 0 bridgehead atoms. The lowest BCUT2D eigenvalue weighted by molar-refractivity contribution is 0.0522. The minimum Gasteiger partial charge on any atom is -0.489 e. The molecule has 0 aliphatic rings. The lowest BCUT2D eigenvalue weighted by Gasteiger charge is -2.23. The molecular weight excluding hydrogens is 476 g/mol. The molecule has 0 spiro atoms. The lowest BCUT2D eigenvalue weighted by Crippen LogP contribution is -2.35. The van der Waals surface area contributed by atoms with Crippen molar-refractivity contribution >= 4 is 16.9 Å². The van der Waals surface area contributed by atoms with Gasteiger partial charge in [-0.25, -0.2) is 4.79 Å². The van der Waals surface area contributed by atoms with E-state index in [1.807, 2.05) is 99.6 Å². The van der Waals surface area contributed by atoms with Crippen molar-refractivity contribution in [1.29, 1.82) is 0 Å². The summed E-state index contributed by atoms with van der Waals surface area (Å²) in [5.41, 5.74) is 2.94. The Morgan fingerprint density at radius 3 is 2.21 bits per heavy atom. The van der Waals surface area contributed by atoms with Crippen LogP contribution in [-0.4, -0.2) is 16.3 Å². The zero-order valence-corrected chi connectivity index (χ0v) is 22.8. The van der Waals surface area contributed by atoms with Gasteiger partial charge >= 0.3 is 6.09 Å². The molecule has 0 saturated carbocycles. The molecule has 0 aliphatic heterocycles. The molecule has 3 aromatic carbocycles. The van der Waals surface area contributed by atoms with Crippen molar-refractivity contribution in [3.63, 3.8) is 0 Å². The number of fused-ring (bicyclic) bond motifs is 1. The van der Waals surface area contributed by atoms with E-state index in [4.69, 9.17) is 9.47 Å². The van der Waals surface area contributed by atoms with E-state index >= 15 is 0 Å². The van der Waals surface area contributed by atoms with Gasteiger partial charge in [0.15, 0.2) is 0 Å². The number of hydrogen-bond acceptors (Lipinski definition) is 4. The topological polar surface area (TPSA) is 69.6 Å². The fourth-order valence-electron chi connectivity index (χ4n) is 4.45. The van der Waals surface area contributed by atoms with Gasteiger partial charge in [-0.2, -0.15) is 0 Å². The van der Waals surface area contributed by atoms with Crippen LogP contribution in [0.5, 0.6) is 5.75 Å². The first kappa shape index (κ1) is 27.0. The first-order valence-corrected chi connectivity index (χ1v) is 13.0. The van der Waals surface area contributed by atoms with Crippen molar-refractivity contribution in [1.82, 2.24) is 9.88 Å². The highest BCUT2D eigenvalue weighted by molar-refractivity contribution is 5.98. The summed E-state index contributed by atoms with van der Waals surface area (Å²) in [4.78, 5) is 26.5. The fraction of sp³-hybridized carbons (Fsp3) is 0.312. The number of carbonyl (C=O) groups is 1. The van der Waals surface area contributed by atoms with Gasteiger partial charge in [-0.3, -0.25) is 4.79 Å². The summed E-state index contributed by atoms with van der Waals surface area (Å²) < 4.78 is 13.3. The molecule has 0 saturated heterocycles. The van der Waals surface area contributed by atoms with Crippen LogP contribution in [0.2, 0.25) is 0 Å². The average molecular weight is 513 g/mol. The van der Waals surface area contributed by atoms with Gasteiger partial charge in [0.1, 0.15) is 18.0 Å². The van der Waals surface area contributed by atoms with Crippen molar-refractivity contribution in [3.8, 4) is 16.9 Å².